The van der Waals surface area contributed by atoms with Gasteiger partial charge in [-0.15, -0.1) is 0 Å². The summed E-state index contributed by atoms with van der Waals surface area (Å²) in [5, 5.41) is 2.81. The lowest BCUT2D eigenvalue weighted by atomic mass is 10.0. The molecule has 1 saturated carbocycles. The van der Waals surface area contributed by atoms with E-state index in [1.54, 1.807) is 18.2 Å². The fraction of sp³-hybridized carbons (Fsp3) is 0.364. The molecule has 7 nitrogen and oxygen atoms in total. The number of ether oxygens (including phenoxy) is 1. The predicted octanol–water partition coefficient (Wildman–Crippen LogP) is 2.94. The Bertz CT molecular complexity index is 986. The Balaban J connectivity index is 1.78. The summed E-state index contributed by atoms with van der Waals surface area (Å²) in [5.41, 5.74) is 0.957. The van der Waals surface area contributed by atoms with Gasteiger partial charge in [-0.2, -0.15) is 0 Å². The second-order valence-corrected chi connectivity index (χ2v) is 9.06. The summed E-state index contributed by atoms with van der Waals surface area (Å²) < 4.78 is 32.8. The smallest absolute Gasteiger partial charge is 0.307 e. The summed E-state index contributed by atoms with van der Waals surface area (Å²) in [6.07, 6.45) is 3.64. The molecule has 3 rings (SSSR count). The van der Waals surface area contributed by atoms with Gasteiger partial charge in [0.2, 0.25) is 10.0 Å². The van der Waals surface area contributed by atoms with Gasteiger partial charge < -0.3 is 10.1 Å². The van der Waals surface area contributed by atoms with Gasteiger partial charge in [0.15, 0.2) is 0 Å². The van der Waals surface area contributed by atoms with Crippen molar-refractivity contribution in [3.05, 3.63) is 65.7 Å². The van der Waals surface area contributed by atoms with Crippen LogP contribution in [0.3, 0.4) is 0 Å². The van der Waals surface area contributed by atoms with E-state index >= 15 is 0 Å². The summed E-state index contributed by atoms with van der Waals surface area (Å²) in [6.45, 7) is 0. The number of sulfonamides is 1. The van der Waals surface area contributed by atoms with E-state index in [0.29, 0.717) is 0 Å². The lowest BCUT2D eigenvalue weighted by molar-refractivity contribution is -0.141. The maximum Gasteiger partial charge on any atom is 0.307 e. The summed E-state index contributed by atoms with van der Waals surface area (Å²) in [6, 6.07) is 14.3. The molecule has 1 aliphatic carbocycles. The van der Waals surface area contributed by atoms with Crippen molar-refractivity contribution >= 4 is 21.9 Å². The molecular formula is C22H26N2O5S. The van der Waals surface area contributed by atoms with Gasteiger partial charge in [0.25, 0.3) is 5.91 Å². The first-order valence-electron chi connectivity index (χ1n) is 9.94. The number of hydrogen-bond acceptors (Lipinski definition) is 5. The Morgan fingerprint density at radius 1 is 1.07 bits per heavy atom. The van der Waals surface area contributed by atoms with E-state index in [1.807, 2.05) is 18.2 Å². The summed E-state index contributed by atoms with van der Waals surface area (Å²) in [5.74, 6) is -0.924. The van der Waals surface area contributed by atoms with E-state index in [0.717, 1.165) is 31.2 Å². The molecule has 8 heteroatoms. The third kappa shape index (κ3) is 5.67. The number of hydrogen-bond donors (Lipinski definition) is 2. The van der Waals surface area contributed by atoms with Crippen molar-refractivity contribution < 1.29 is 22.7 Å². The second kappa shape index (κ2) is 9.86. The molecule has 0 saturated heterocycles. The van der Waals surface area contributed by atoms with Crippen molar-refractivity contribution in [2.75, 3.05) is 7.11 Å². The zero-order chi connectivity index (χ0) is 21.6. The molecule has 0 heterocycles. The van der Waals surface area contributed by atoms with Gasteiger partial charge in [-0.25, -0.2) is 13.1 Å². The number of nitrogens with one attached hydrogen (secondary N) is 2. The van der Waals surface area contributed by atoms with Crippen molar-refractivity contribution in [3.8, 4) is 0 Å². The molecule has 0 bridgehead atoms. The Labute approximate surface area is 176 Å². The number of esters is 1. The van der Waals surface area contributed by atoms with Gasteiger partial charge in [-0.3, -0.25) is 9.59 Å². The first kappa shape index (κ1) is 22.0. The maximum absolute atomic E-state index is 12.8. The number of carbonyl (C=O) groups is 2. The normalized spacial score (nSPS) is 15.5. The minimum absolute atomic E-state index is 0.0342. The van der Waals surface area contributed by atoms with Crippen LogP contribution in [0.25, 0.3) is 0 Å². The Morgan fingerprint density at radius 3 is 2.43 bits per heavy atom. The average molecular weight is 431 g/mol. The molecule has 0 aromatic heterocycles. The van der Waals surface area contributed by atoms with Crippen LogP contribution in [0.4, 0.5) is 0 Å². The summed E-state index contributed by atoms with van der Waals surface area (Å²) in [7, 11) is -2.42. The van der Waals surface area contributed by atoms with Crippen LogP contribution in [0.2, 0.25) is 0 Å². The van der Waals surface area contributed by atoms with Crippen LogP contribution in [0.1, 0.15) is 54.1 Å². The maximum atomic E-state index is 12.8. The van der Waals surface area contributed by atoms with Crippen LogP contribution < -0.4 is 10.0 Å². The van der Waals surface area contributed by atoms with Gasteiger partial charge >= 0.3 is 5.97 Å². The standard InChI is InChI=1S/C22H26N2O5S/c1-29-21(25)15-20(16-8-3-2-4-9-16)23-22(26)17-10-7-13-19(14-17)30(27,28)24-18-11-5-6-12-18/h2-4,7-10,13-14,18,20,24H,5-6,11-12,15H2,1H3,(H,23,26). The van der Waals surface area contributed by atoms with Crippen LogP contribution in [-0.4, -0.2) is 33.4 Å². The van der Waals surface area contributed by atoms with Gasteiger partial charge in [0, 0.05) is 11.6 Å². The molecule has 1 aliphatic rings. The number of carbonyl (C=O) groups excluding carboxylic acids is 2. The quantitative estimate of drug-likeness (QED) is 0.627. The van der Waals surface area contributed by atoms with E-state index in [4.69, 9.17) is 4.74 Å². The predicted molar refractivity (Wildman–Crippen MR) is 112 cm³/mol. The van der Waals surface area contributed by atoms with Gasteiger partial charge in [0.05, 0.1) is 24.5 Å². The minimum Gasteiger partial charge on any atom is -0.469 e. The molecule has 2 aromatic carbocycles. The van der Waals surface area contributed by atoms with Gasteiger partial charge in [-0.1, -0.05) is 49.2 Å². The molecule has 1 unspecified atom stereocenters. The molecule has 1 amide bonds. The highest BCUT2D eigenvalue weighted by Gasteiger charge is 2.24. The first-order chi connectivity index (χ1) is 14.4. The average Bonchev–Trinajstić information content (AvgIpc) is 3.26. The Hall–Kier alpha value is -2.71. The highest BCUT2D eigenvalue weighted by atomic mass is 32.2. The van der Waals surface area contributed by atoms with Gasteiger partial charge in [0.1, 0.15) is 0 Å². The molecule has 1 fully saturated rings. The summed E-state index contributed by atoms with van der Waals surface area (Å²) in [4.78, 5) is 24.7. The monoisotopic (exact) mass is 430 g/mol. The third-order valence-corrected chi connectivity index (χ3v) is 6.71. The van der Waals surface area contributed by atoms with E-state index in [2.05, 4.69) is 10.0 Å². The molecule has 0 spiro atoms. The topological polar surface area (TPSA) is 102 Å². The highest BCUT2D eigenvalue weighted by molar-refractivity contribution is 7.89. The molecule has 1 atom stereocenters. The van der Waals surface area contributed by atoms with Crippen molar-refractivity contribution in [1.29, 1.82) is 0 Å². The summed E-state index contributed by atoms with van der Waals surface area (Å²) >= 11 is 0. The molecule has 30 heavy (non-hydrogen) atoms. The lowest BCUT2D eigenvalue weighted by Gasteiger charge is -2.19. The SMILES string of the molecule is COC(=O)CC(NC(=O)c1cccc(S(=O)(=O)NC2CCCC2)c1)c1ccccc1. The molecule has 160 valence electrons. The molecule has 2 N–H and O–H groups in total. The van der Waals surface area contributed by atoms with Crippen molar-refractivity contribution in [1.82, 2.24) is 10.0 Å². The Kier molecular flexibility index (Phi) is 7.23. The molecular weight excluding hydrogens is 404 g/mol. The van der Waals surface area contributed by atoms with Crippen LogP contribution in [0, 0.1) is 0 Å². The fourth-order valence-electron chi connectivity index (χ4n) is 3.56. The van der Waals surface area contributed by atoms with Crippen molar-refractivity contribution in [2.24, 2.45) is 0 Å². The fourth-order valence-corrected chi connectivity index (χ4v) is 4.92. The zero-order valence-corrected chi connectivity index (χ0v) is 17.7. The largest absolute Gasteiger partial charge is 0.469 e. The third-order valence-electron chi connectivity index (χ3n) is 5.19. The van der Waals surface area contributed by atoms with Crippen LogP contribution >= 0.6 is 0 Å². The van der Waals surface area contributed by atoms with Gasteiger partial charge in [-0.05, 0) is 36.6 Å². The molecule has 2 aromatic rings. The van der Waals surface area contributed by atoms with E-state index in [-0.39, 0.29) is 22.9 Å². The molecule has 0 radical (unpaired) electrons. The van der Waals surface area contributed by atoms with Crippen molar-refractivity contribution in [2.45, 2.75) is 49.1 Å². The minimum atomic E-state index is -3.71. The number of methoxy groups -OCH3 is 1. The number of amides is 1. The second-order valence-electron chi connectivity index (χ2n) is 7.35. The molecule has 0 aliphatic heterocycles. The number of benzene rings is 2. The first-order valence-corrected chi connectivity index (χ1v) is 11.4. The zero-order valence-electron chi connectivity index (χ0n) is 16.8. The van der Waals surface area contributed by atoms with E-state index in [9.17, 15) is 18.0 Å². The highest BCUT2D eigenvalue weighted by Crippen LogP contribution is 2.22. The van der Waals surface area contributed by atoms with E-state index < -0.39 is 27.9 Å². The van der Waals surface area contributed by atoms with Crippen LogP contribution in [-0.2, 0) is 19.6 Å². The lowest BCUT2D eigenvalue weighted by Crippen LogP contribution is -2.33. The number of rotatable bonds is 8. The van der Waals surface area contributed by atoms with E-state index in [1.165, 1.54) is 25.3 Å². The van der Waals surface area contributed by atoms with Crippen LogP contribution in [0.15, 0.2) is 59.5 Å². The van der Waals surface area contributed by atoms with Crippen molar-refractivity contribution in [3.63, 3.8) is 0 Å². The Morgan fingerprint density at radius 2 is 1.77 bits per heavy atom. The van der Waals surface area contributed by atoms with Crippen LogP contribution in [0.5, 0.6) is 0 Å².